The second-order valence-electron chi connectivity index (χ2n) is 6.15. The number of carbonyl (C=O) groups is 1. The number of carbonyl (C=O) groups excluding carboxylic acids is 1. The van der Waals surface area contributed by atoms with Gasteiger partial charge in [-0.3, -0.25) is 4.79 Å². The van der Waals surface area contributed by atoms with Gasteiger partial charge in [-0.05, 0) is 65.9 Å². The molecule has 3 aromatic carbocycles. The average Bonchev–Trinajstić information content (AvgIpc) is 2.87. The number of rotatable bonds is 2. The maximum Gasteiger partial charge on any atom is 0.193 e. The Morgan fingerprint density at radius 1 is 0.833 bits per heavy atom. The molecule has 0 bridgehead atoms. The standard InChI is InChI=1S/C21H16INO/c1-13-3-5-14(6-4-13)21(24)15-7-9-19-17(11-15)18-12-16(22)8-10-20(18)23(19)2/h3-12H,1-2H3. The van der Waals surface area contributed by atoms with E-state index in [2.05, 4.69) is 52.4 Å². The zero-order chi connectivity index (χ0) is 16.8. The quantitative estimate of drug-likeness (QED) is 0.308. The highest BCUT2D eigenvalue weighted by Crippen LogP contribution is 2.30. The summed E-state index contributed by atoms with van der Waals surface area (Å²) in [7, 11) is 2.07. The first-order valence-corrected chi connectivity index (χ1v) is 8.91. The Balaban J connectivity index is 1.91. The van der Waals surface area contributed by atoms with E-state index in [0.717, 1.165) is 27.6 Å². The van der Waals surface area contributed by atoms with Crippen LogP contribution < -0.4 is 0 Å². The van der Waals surface area contributed by atoms with Gasteiger partial charge >= 0.3 is 0 Å². The molecule has 4 aromatic rings. The van der Waals surface area contributed by atoms with E-state index in [1.807, 2.05) is 49.4 Å². The molecule has 24 heavy (non-hydrogen) atoms. The zero-order valence-corrected chi connectivity index (χ0v) is 15.7. The van der Waals surface area contributed by atoms with Crippen LogP contribution in [0.15, 0.2) is 60.7 Å². The van der Waals surface area contributed by atoms with E-state index in [-0.39, 0.29) is 5.78 Å². The molecule has 0 aliphatic heterocycles. The molecule has 118 valence electrons. The first-order chi connectivity index (χ1) is 11.5. The Kier molecular flexibility index (Phi) is 3.68. The molecule has 0 spiro atoms. The van der Waals surface area contributed by atoms with Crippen molar-refractivity contribution in [1.82, 2.24) is 4.57 Å². The highest BCUT2D eigenvalue weighted by molar-refractivity contribution is 14.1. The van der Waals surface area contributed by atoms with Gasteiger partial charge in [0.15, 0.2) is 5.78 Å². The minimum Gasteiger partial charge on any atom is -0.344 e. The second-order valence-corrected chi connectivity index (χ2v) is 7.39. The van der Waals surface area contributed by atoms with Gasteiger partial charge in [-0.1, -0.05) is 29.8 Å². The van der Waals surface area contributed by atoms with Crippen molar-refractivity contribution in [3.63, 3.8) is 0 Å². The smallest absolute Gasteiger partial charge is 0.193 e. The Morgan fingerprint density at radius 3 is 2.12 bits per heavy atom. The minimum absolute atomic E-state index is 0.0690. The van der Waals surface area contributed by atoms with E-state index < -0.39 is 0 Å². The topological polar surface area (TPSA) is 22.0 Å². The maximum atomic E-state index is 12.8. The Bertz CT molecular complexity index is 1090. The van der Waals surface area contributed by atoms with Gasteiger partial charge in [0, 0.05) is 43.6 Å². The van der Waals surface area contributed by atoms with E-state index in [1.54, 1.807) is 0 Å². The molecule has 0 saturated heterocycles. The van der Waals surface area contributed by atoms with Gasteiger partial charge in [-0.25, -0.2) is 0 Å². The van der Waals surface area contributed by atoms with Gasteiger partial charge < -0.3 is 4.57 Å². The number of hydrogen-bond donors (Lipinski definition) is 0. The molecule has 3 heteroatoms. The highest BCUT2D eigenvalue weighted by Gasteiger charge is 2.13. The maximum absolute atomic E-state index is 12.8. The number of halogens is 1. The van der Waals surface area contributed by atoms with Crippen LogP contribution in [-0.4, -0.2) is 10.4 Å². The molecule has 1 aromatic heterocycles. The fourth-order valence-corrected chi connectivity index (χ4v) is 3.69. The predicted molar refractivity (Wildman–Crippen MR) is 108 cm³/mol. The summed E-state index contributed by atoms with van der Waals surface area (Å²) in [6.07, 6.45) is 0. The predicted octanol–water partition coefficient (Wildman–Crippen LogP) is 5.48. The molecule has 0 radical (unpaired) electrons. The first-order valence-electron chi connectivity index (χ1n) is 7.83. The summed E-state index contributed by atoms with van der Waals surface area (Å²) in [5, 5.41) is 2.32. The van der Waals surface area contributed by atoms with E-state index in [4.69, 9.17) is 0 Å². The molecule has 0 atom stereocenters. The van der Waals surface area contributed by atoms with Crippen molar-refractivity contribution < 1.29 is 4.79 Å². The van der Waals surface area contributed by atoms with E-state index >= 15 is 0 Å². The van der Waals surface area contributed by atoms with Crippen molar-refractivity contribution in [3.05, 3.63) is 80.9 Å². The molecule has 0 aliphatic carbocycles. The van der Waals surface area contributed by atoms with Crippen LogP contribution in [0.3, 0.4) is 0 Å². The fourth-order valence-electron chi connectivity index (χ4n) is 3.20. The number of ketones is 1. The monoisotopic (exact) mass is 425 g/mol. The minimum atomic E-state index is 0.0690. The third kappa shape index (κ3) is 2.44. The lowest BCUT2D eigenvalue weighted by Crippen LogP contribution is -2.01. The lowest BCUT2D eigenvalue weighted by atomic mass is 10.0. The lowest BCUT2D eigenvalue weighted by Gasteiger charge is -2.03. The van der Waals surface area contributed by atoms with Gasteiger partial charge in [0.05, 0.1) is 0 Å². The molecule has 0 fully saturated rings. The van der Waals surface area contributed by atoms with E-state index in [1.165, 1.54) is 14.5 Å². The number of benzene rings is 3. The average molecular weight is 425 g/mol. The van der Waals surface area contributed by atoms with E-state index in [0.29, 0.717) is 0 Å². The number of nitrogens with zero attached hydrogens (tertiary/aromatic N) is 1. The van der Waals surface area contributed by atoms with Crippen molar-refractivity contribution in [2.45, 2.75) is 6.92 Å². The first kappa shape index (κ1) is 15.4. The second kappa shape index (κ2) is 5.74. The van der Waals surface area contributed by atoms with Crippen molar-refractivity contribution in [3.8, 4) is 0 Å². The van der Waals surface area contributed by atoms with Crippen molar-refractivity contribution in [1.29, 1.82) is 0 Å². The summed E-state index contributed by atoms with van der Waals surface area (Å²) in [5.74, 6) is 0.0690. The van der Waals surface area contributed by atoms with Gasteiger partial charge in [0.1, 0.15) is 0 Å². The van der Waals surface area contributed by atoms with E-state index in [9.17, 15) is 4.79 Å². The number of aryl methyl sites for hydroxylation is 2. The molecule has 0 aliphatic rings. The molecule has 0 unspecified atom stereocenters. The number of hydrogen-bond acceptors (Lipinski definition) is 1. The van der Waals surface area contributed by atoms with Gasteiger partial charge in [-0.2, -0.15) is 0 Å². The Labute approximate surface area is 154 Å². The van der Waals surface area contributed by atoms with Crippen LogP contribution in [0.2, 0.25) is 0 Å². The van der Waals surface area contributed by atoms with Gasteiger partial charge in [0.2, 0.25) is 0 Å². The summed E-state index contributed by atoms with van der Waals surface area (Å²) in [5.41, 5.74) is 4.95. The van der Waals surface area contributed by atoms with Gasteiger partial charge in [0.25, 0.3) is 0 Å². The number of aromatic nitrogens is 1. The fraction of sp³-hybridized carbons (Fsp3) is 0.0952. The van der Waals surface area contributed by atoms with Crippen LogP contribution >= 0.6 is 22.6 Å². The molecule has 0 saturated carbocycles. The Hall–Kier alpha value is -2.14. The molecular weight excluding hydrogens is 409 g/mol. The van der Waals surface area contributed by atoms with Crippen molar-refractivity contribution in [2.75, 3.05) is 0 Å². The summed E-state index contributed by atoms with van der Waals surface area (Å²) >= 11 is 2.33. The van der Waals surface area contributed by atoms with Crippen LogP contribution in [0.5, 0.6) is 0 Å². The Morgan fingerprint density at radius 2 is 1.42 bits per heavy atom. The third-order valence-electron chi connectivity index (χ3n) is 4.54. The largest absolute Gasteiger partial charge is 0.344 e. The van der Waals surface area contributed by atoms with Crippen molar-refractivity contribution >= 4 is 50.2 Å². The SMILES string of the molecule is Cc1ccc(C(=O)c2ccc3c(c2)c2cc(I)ccc2n3C)cc1. The molecular formula is C21H16INO. The van der Waals surface area contributed by atoms with Crippen LogP contribution in [0, 0.1) is 10.5 Å². The molecule has 2 nitrogen and oxygen atoms in total. The summed E-state index contributed by atoms with van der Waals surface area (Å²) in [6.45, 7) is 2.03. The van der Waals surface area contributed by atoms with Crippen LogP contribution in [0.1, 0.15) is 21.5 Å². The summed E-state index contributed by atoms with van der Waals surface area (Å²) in [6, 6.07) is 20.2. The van der Waals surface area contributed by atoms with Crippen LogP contribution in [0.25, 0.3) is 21.8 Å². The molecule has 4 rings (SSSR count). The number of fused-ring (bicyclic) bond motifs is 3. The van der Waals surface area contributed by atoms with Crippen LogP contribution in [0.4, 0.5) is 0 Å². The lowest BCUT2D eigenvalue weighted by molar-refractivity contribution is 0.103. The normalized spacial score (nSPS) is 11.3. The van der Waals surface area contributed by atoms with Gasteiger partial charge in [-0.15, -0.1) is 0 Å². The molecule has 0 N–H and O–H groups in total. The molecule has 1 heterocycles. The zero-order valence-electron chi connectivity index (χ0n) is 13.5. The molecule has 0 amide bonds. The van der Waals surface area contributed by atoms with Crippen molar-refractivity contribution in [2.24, 2.45) is 7.05 Å². The van der Waals surface area contributed by atoms with Crippen LogP contribution in [-0.2, 0) is 7.05 Å². The third-order valence-corrected chi connectivity index (χ3v) is 5.21. The summed E-state index contributed by atoms with van der Waals surface area (Å²) < 4.78 is 3.38. The summed E-state index contributed by atoms with van der Waals surface area (Å²) in [4.78, 5) is 12.8. The highest BCUT2D eigenvalue weighted by atomic mass is 127.